The summed E-state index contributed by atoms with van der Waals surface area (Å²) in [5.74, 6) is -1.38. The highest BCUT2D eigenvalue weighted by Gasteiger charge is 2.23. The van der Waals surface area contributed by atoms with Crippen molar-refractivity contribution in [1.29, 1.82) is 0 Å². The van der Waals surface area contributed by atoms with Gasteiger partial charge in [-0.1, -0.05) is 17.7 Å². The average Bonchev–Trinajstić information content (AvgIpc) is 2.90. The number of nitrogens with one attached hydrogen (secondary N) is 1. The van der Waals surface area contributed by atoms with Gasteiger partial charge in [0.05, 0.1) is 17.3 Å². The van der Waals surface area contributed by atoms with E-state index in [4.69, 9.17) is 21.7 Å². The van der Waals surface area contributed by atoms with Crippen LogP contribution in [-0.4, -0.2) is 27.0 Å². The number of halogens is 2. The molecule has 0 bridgehead atoms. The number of hydrogen-bond donors (Lipinski definition) is 2. The lowest BCUT2D eigenvalue weighted by Crippen LogP contribution is -2.31. The van der Waals surface area contributed by atoms with E-state index in [1.54, 1.807) is 18.2 Å². The van der Waals surface area contributed by atoms with Crippen molar-refractivity contribution in [1.82, 2.24) is 15.3 Å². The maximum absolute atomic E-state index is 13.5. The normalized spacial score (nSPS) is 14.7. The number of nitrogens with zero attached hydrogens (tertiary/aromatic N) is 2. The Balaban J connectivity index is 1.43. The summed E-state index contributed by atoms with van der Waals surface area (Å²) in [6, 6.07) is 15.5. The molecule has 1 amide bonds. The van der Waals surface area contributed by atoms with Gasteiger partial charge < -0.3 is 10.4 Å². The largest absolute Gasteiger partial charge is 0.481 e. The van der Waals surface area contributed by atoms with E-state index in [9.17, 15) is 14.0 Å². The van der Waals surface area contributed by atoms with Crippen LogP contribution in [0.15, 0.2) is 60.8 Å². The second kappa shape index (κ2) is 11.3. The van der Waals surface area contributed by atoms with Crippen LogP contribution in [0.25, 0.3) is 22.3 Å². The van der Waals surface area contributed by atoms with Crippen LogP contribution in [0.1, 0.15) is 65.2 Å². The quantitative estimate of drug-likeness (QED) is 0.247. The number of benzene rings is 2. The van der Waals surface area contributed by atoms with Gasteiger partial charge in [-0.2, -0.15) is 0 Å². The summed E-state index contributed by atoms with van der Waals surface area (Å²) in [6.07, 6.45) is 6.17. The number of pyridine rings is 2. The first kappa shape index (κ1) is 25.8. The van der Waals surface area contributed by atoms with Crippen molar-refractivity contribution in [3.05, 3.63) is 93.9 Å². The Hall–Kier alpha value is -3.84. The molecule has 8 heteroatoms. The molecule has 38 heavy (non-hydrogen) atoms. The maximum Gasteiger partial charge on any atom is 0.303 e. The summed E-state index contributed by atoms with van der Waals surface area (Å²) in [5.41, 5.74) is 5.50. The van der Waals surface area contributed by atoms with Crippen LogP contribution in [-0.2, 0) is 17.6 Å². The zero-order valence-electron chi connectivity index (χ0n) is 20.7. The van der Waals surface area contributed by atoms with Crippen molar-refractivity contribution in [3.8, 4) is 11.3 Å². The van der Waals surface area contributed by atoms with Crippen molar-refractivity contribution < 1.29 is 19.1 Å². The van der Waals surface area contributed by atoms with Crippen LogP contribution in [0.3, 0.4) is 0 Å². The van der Waals surface area contributed by atoms with Crippen molar-refractivity contribution >= 4 is 34.5 Å². The van der Waals surface area contributed by atoms with E-state index in [0.717, 1.165) is 41.5 Å². The van der Waals surface area contributed by atoms with Crippen molar-refractivity contribution in [2.75, 3.05) is 0 Å². The summed E-state index contributed by atoms with van der Waals surface area (Å²) in [7, 11) is 0. The third kappa shape index (κ3) is 5.83. The number of carbonyl (C=O) groups excluding carboxylic acids is 1. The molecule has 0 radical (unpaired) electrons. The Labute approximate surface area is 224 Å². The van der Waals surface area contributed by atoms with Gasteiger partial charge in [-0.3, -0.25) is 9.59 Å². The van der Waals surface area contributed by atoms with E-state index in [-0.39, 0.29) is 24.2 Å². The van der Waals surface area contributed by atoms with E-state index < -0.39 is 5.97 Å². The van der Waals surface area contributed by atoms with Gasteiger partial charge in [0.2, 0.25) is 0 Å². The van der Waals surface area contributed by atoms with Crippen LogP contribution in [0, 0.1) is 5.82 Å². The molecular weight excluding hydrogens is 505 g/mol. The SMILES string of the molecule is O=C(O)CCCCc1cc2cc(C(=O)N[C@H]3CCCc4cc(Cl)ccc43)cnc2nc1-c1ccc(F)cc1. The lowest BCUT2D eigenvalue weighted by molar-refractivity contribution is -0.137. The molecule has 2 aromatic heterocycles. The number of rotatable bonds is 8. The number of carboxylic acids is 1. The van der Waals surface area contributed by atoms with Gasteiger partial charge >= 0.3 is 5.97 Å². The molecule has 0 saturated carbocycles. The number of aryl methyl sites for hydroxylation is 2. The van der Waals surface area contributed by atoms with Crippen LogP contribution in [0.4, 0.5) is 4.39 Å². The predicted octanol–water partition coefficient (Wildman–Crippen LogP) is 6.69. The van der Waals surface area contributed by atoms with Gasteiger partial charge in [0.25, 0.3) is 5.91 Å². The van der Waals surface area contributed by atoms with Crippen molar-refractivity contribution in [2.24, 2.45) is 0 Å². The first-order chi connectivity index (χ1) is 18.4. The van der Waals surface area contributed by atoms with Gasteiger partial charge in [0.15, 0.2) is 5.65 Å². The van der Waals surface area contributed by atoms with Crippen molar-refractivity contribution in [3.63, 3.8) is 0 Å². The fourth-order valence-electron chi connectivity index (χ4n) is 5.05. The first-order valence-corrected chi connectivity index (χ1v) is 13.1. The lowest BCUT2D eigenvalue weighted by atomic mass is 9.87. The molecule has 0 unspecified atom stereocenters. The Bertz CT molecular complexity index is 1510. The maximum atomic E-state index is 13.5. The highest BCUT2D eigenvalue weighted by Crippen LogP contribution is 2.32. The number of aromatic nitrogens is 2. The average molecular weight is 532 g/mol. The molecule has 2 aromatic carbocycles. The smallest absolute Gasteiger partial charge is 0.303 e. The summed E-state index contributed by atoms with van der Waals surface area (Å²) in [5, 5.41) is 13.5. The Morgan fingerprint density at radius 1 is 1.08 bits per heavy atom. The van der Waals surface area contributed by atoms with Crippen molar-refractivity contribution in [2.45, 2.75) is 51.0 Å². The molecule has 2 heterocycles. The minimum atomic E-state index is -0.830. The molecule has 2 N–H and O–H groups in total. The second-order valence-electron chi connectivity index (χ2n) is 9.64. The summed E-state index contributed by atoms with van der Waals surface area (Å²) in [4.78, 5) is 33.4. The van der Waals surface area contributed by atoms with Gasteiger partial charge in [-0.05, 0) is 104 Å². The zero-order valence-corrected chi connectivity index (χ0v) is 21.5. The molecule has 0 fully saturated rings. The predicted molar refractivity (Wildman–Crippen MR) is 145 cm³/mol. The number of fused-ring (bicyclic) bond motifs is 2. The topological polar surface area (TPSA) is 92.2 Å². The van der Waals surface area contributed by atoms with E-state index >= 15 is 0 Å². The highest BCUT2D eigenvalue weighted by atomic mass is 35.5. The summed E-state index contributed by atoms with van der Waals surface area (Å²) >= 11 is 6.16. The number of unbranched alkanes of at least 4 members (excludes halogenated alkanes) is 1. The molecule has 0 spiro atoms. The monoisotopic (exact) mass is 531 g/mol. The zero-order chi connectivity index (χ0) is 26.6. The van der Waals surface area contributed by atoms with Gasteiger partial charge in [0, 0.05) is 28.6 Å². The van der Waals surface area contributed by atoms with Crippen LogP contribution >= 0.6 is 11.6 Å². The third-order valence-electron chi connectivity index (χ3n) is 6.94. The summed E-state index contributed by atoms with van der Waals surface area (Å²) in [6.45, 7) is 0. The van der Waals surface area contributed by atoms with Crippen LogP contribution in [0.2, 0.25) is 5.02 Å². The summed E-state index contributed by atoms with van der Waals surface area (Å²) < 4.78 is 13.5. The number of carbonyl (C=O) groups is 2. The number of aliphatic carboxylic acids is 1. The molecule has 4 aromatic rings. The van der Waals surface area contributed by atoms with E-state index in [0.29, 0.717) is 46.6 Å². The van der Waals surface area contributed by atoms with Gasteiger partial charge in [-0.25, -0.2) is 14.4 Å². The molecule has 1 atom stereocenters. The van der Waals surface area contributed by atoms with E-state index in [1.165, 1.54) is 18.3 Å². The molecule has 1 aliphatic carbocycles. The fraction of sp³-hybridized carbons (Fsp3) is 0.267. The molecule has 0 saturated heterocycles. The number of carboxylic acid groups (broad SMARTS) is 1. The minimum Gasteiger partial charge on any atom is -0.481 e. The highest BCUT2D eigenvalue weighted by molar-refractivity contribution is 6.30. The van der Waals surface area contributed by atoms with E-state index in [1.807, 2.05) is 24.3 Å². The first-order valence-electron chi connectivity index (χ1n) is 12.7. The molecule has 5 rings (SSSR count). The third-order valence-corrected chi connectivity index (χ3v) is 7.17. The molecular formula is C30H27ClFN3O3. The van der Waals surface area contributed by atoms with Crippen LogP contribution < -0.4 is 5.32 Å². The molecule has 1 aliphatic rings. The lowest BCUT2D eigenvalue weighted by Gasteiger charge is -2.26. The Morgan fingerprint density at radius 3 is 2.68 bits per heavy atom. The second-order valence-corrected chi connectivity index (χ2v) is 10.1. The van der Waals surface area contributed by atoms with E-state index in [2.05, 4.69) is 10.3 Å². The van der Waals surface area contributed by atoms with Crippen LogP contribution in [0.5, 0.6) is 0 Å². The number of hydrogen-bond acceptors (Lipinski definition) is 4. The molecule has 0 aliphatic heterocycles. The molecule has 6 nitrogen and oxygen atoms in total. The number of amides is 1. The standard InChI is InChI=1S/C30H27ClFN3O3/c31-23-10-13-25-19(16-23)5-3-6-26(25)34-30(38)22-15-21-14-20(4-1-2-7-27(36)37)28(35-29(21)33-17-22)18-8-11-24(32)12-9-18/h8-17,26H,1-7H2,(H,34,38)(H,36,37)/t26-/m0/s1. The Kier molecular flexibility index (Phi) is 7.65. The fourth-order valence-corrected chi connectivity index (χ4v) is 5.24. The molecule has 194 valence electrons. The Morgan fingerprint density at radius 2 is 1.89 bits per heavy atom. The minimum absolute atomic E-state index is 0.0925. The van der Waals surface area contributed by atoms with Gasteiger partial charge in [0.1, 0.15) is 5.82 Å². The van der Waals surface area contributed by atoms with Gasteiger partial charge in [-0.15, -0.1) is 0 Å².